The summed E-state index contributed by atoms with van der Waals surface area (Å²) in [4.78, 5) is 0. The summed E-state index contributed by atoms with van der Waals surface area (Å²) in [6, 6.07) is 0. The highest BCUT2D eigenvalue weighted by molar-refractivity contribution is 5.28. The van der Waals surface area contributed by atoms with Gasteiger partial charge in [-0.2, -0.15) is 0 Å². The molecule has 1 saturated carbocycles. The van der Waals surface area contributed by atoms with Crippen LogP contribution in [0.1, 0.15) is 58.8 Å². The van der Waals surface area contributed by atoms with Crippen molar-refractivity contribution in [3.8, 4) is 23.7 Å². The van der Waals surface area contributed by atoms with Crippen molar-refractivity contribution in [2.24, 2.45) is 5.92 Å². The van der Waals surface area contributed by atoms with Crippen LogP contribution in [0.25, 0.3) is 0 Å². The van der Waals surface area contributed by atoms with E-state index in [1.54, 1.807) is 0 Å². The minimum atomic E-state index is -0.812. The highest BCUT2D eigenvalue weighted by Crippen LogP contribution is 2.36. The fourth-order valence-corrected chi connectivity index (χ4v) is 2.88. The Morgan fingerprint density at radius 3 is 2.57 bits per heavy atom. The van der Waals surface area contributed by atoms with E-state index in [-0.39, 0.29) is 12.2 Å². The Labute approximate surface area is 140 Å². The second kappa shape index (κ2) is 8.55. The van der Waals surface area contributed by atoms with E-state index in [0.29, 0.717) is 6.42 Å². The molecule has 1 aliphatic heterocycles. The van der Waals surface area contributed by atoms with Gasteiger partial charge in [-0.1, -0.05) is 56.6 Å². The second-order valence-electron chi connectivity index (χ2n) is 6.90. The van der Waals surface area contributed by atoms with Crippen LogP contribution in [-0.4, -0.2) is 29.2 Å². The minimum absolute atomic E-state index is 0.00422. The molecule has 1 N–H and O–H groups in total. The summed E-state index contributed by atoms with van der Waals surface area (Å²) in [7, 11) is 0. The molecule has 0 radical (unpaired) electrons. The van der Waals surface area contributed by atoms with Gasteiger partial charge in [0.1, 0.15) is 6.10 Å². The zero-order valence-electron chi connectivity index (χ0n) is 14.3. The third kappa shape index (κ3) is 6.80. The summed E-state index contributed by atoms with van der Waals surface area (Å²) in [5.41, 5.74) is 0. The van der Waals surface area contributed by atoms with E-state index in [1.807, 2.05) is 13.8 Å². The smallest absolute Gasteiger partial charge is 0.163 e. The van der Waals surface area contributed by atoms with Crippen LogP contribution in [-0.2, 0) is 9.47 Å². The largest absolute Gasteiger partial charge is 0.377 e. The molecule has 2 fully saturated rings. The summed E-state index contributed by atoms with van der Waals surface area (Å²) < 4.78 is 12.0. The van der Waals surface area contributed by atoms with Crippen molar-refractivity contribution in [3.63, 3.8) is 0 Å². The van der Waals surface area contributed by atoms with E-state index in [1.165, 1.54) is 38.2 Å². The van der Waals surface area contributed by atoms with Crippen LogP contribution in [0.3, 0.4) is 0 Å². The van der Waals surface area contributed by atoms with Gasteiger partial charge in [-0.05, 0) is 38.0 Å². The quantitative estimate of drug-likeness (QED) is 0.444. The predicted molar refractivity (Wildman–Crippen MR) is 91.4 cm³/mol. The predicted octanol–water partition coefficient (Wildman–Crippen LogP) is 3.42. The maximum atomic E-state index is 9.24. The summed E-state index contributed by atoms with van der Waals surface area (Å²) in [5, 5.41) is 9.24. The third-order valence-corrected chi connectivity index (χ3v) is 4.23. The Morgan fingerprint density at radius 1 is 1.17 bits per heavy atom. The van der Waals surface area contributed by atoms with Crippen LogP contribution >= 0.6 is 0 Å². The van der Waals surface area contributed by atoms with E-state index >= 15 is 0 Å². The SMILES string of the molecule is C=CC(O)C#CC#CCC1OC(C)(C)OC1CCCCC1CC1. The van der Waals surface area contributed by atoms with Crippen molar-refractivity contribution in [1.82, 2.24) is 0 Å². The number of ether oxygens (including phenoxy) is 2. The highest BCUT2D eigenvalue weighted by atomic mass is 16.7. The number of aliphatic hydroxyl groups is 1. The van der Waals surface area contributed by atoms with Crippen LogP contribution < -0.4 is 0 Å². The van der Waals surface area contributed by atoms with Gasteiger partial charge in [0.25, 0.3) is 0 Å². The van der Waals surface area contributed by atoms with Crippen molar-refractivity contribution in [2.45, 2.75) is 82.9 Å². The molecular weight excluding hydrogens is 288 g/mol. The first-order valence-electron chi connectivity index (χ1n) is 8.65. The average Bonchev–Trinajstić information content (AvgIpc) is 3.27. The maximum Gasteiger partial charge on any atom is 0.163 e. The molecule has 3 atom stereocenters. The summed E-state index contributed by atoms with van der Waals surface area (Å²) in [6.45, 7) is 7.37. The molecule has 0 aromatic carbocycles. The lowest BCUT2D eigenvalue weighted by molar-refractivity contribution is -0.146. The van der Waals surface area contributed by atoms with Crippen molar-refractivity contribution in [1.29, 1.82) is 0 Å². The molecule has 0 amide bonds. The highest BCUT2D eigenvalue weighted by Gasteiger charge is 2.40. The number of hydrogen-bond donors (Lipinski definition) is 1. The topological polar surface area (TPSA) is 38.7 Å². The molecule has 1 saturated heterocycles. The molecule has 1 aliphatic carbocycles. The molecule has 126 valence electrons. The molecule has 0 spiro atoms. The van der Waals surface area contributed by atoms with E-state index in [0.717, 1.165) is 12.3 Å². The fourth-order valence-electron chi connectivity index (χ4n) is 2.88. The lowest BCUT2D eigenvalue weighted by atomic mass is 10.0. The molecule has 2 rings (SSSR count). The van der Waals surface area contributed by atoms with Gasteiger partial charge in [0, 0.05) is 6.42 Å². The maximum absolute atomic E-state index is 9.24. The van der Waals surface area contributed by atoms with Gasteiger partial charge >= 0.3 is 0 Å². The molecular formula is C20H28O3. The molecule has 3 nitrogen and oxygen atoms in total. The molecule has 1 heterocycles. The first-order chi connectivity index (χ1) is 11.0. The van der Waals surface area contributed by atoms with E-state index in [9.17, 15) is 5.11 Å². The first kappa shape index (κ1) is 18.1. The standard InChI is InChI=1S/C20H28O3/c1-4-17(21)11-6-5-7-12-18-19(23-20(2,3)22-18)13-9-8-10-16-14-15-16/h4,16-19,21H,1,8-10,12-15H2,2-3H3. The number of hydrogen-bond acceptors (Lipinski definition) is 3. The Hall–Kier alpha value is -1.26. The van der Waals surface area contributed by atoms with E-state index < -0.39 is 11.9 Å². The molecule has 3 heteroatoms. The Bertz CT molecular complexity index is 510. The van der Waals surface area contributed by atoms with Crippen LogP contribution in [0.15, 0.2) is 12.7 Å². The lowest BCUT2D eigenvalue weighted by Crippen LogP contribution is -2.22. The van der Waals surface area contributed by atoms with Crippen LogP contribution in [0.5, 0.6) is 0 Å². The van der Waals surface area contributed by atoms with Gasteiger partial charge in [-0.3, -0.25) is 0 Å². The second-order valence-corrected chi connectivity index (χ2v) is 6.90. The van der Waals surface area contributed by atoms with Gasteiger partial charge < -0.3 is 14.6 Å². The first-order valence-corrected chi connectivity index (χ1v) is 8.65. The van der Waals surface area contributed by atoms with Crippen molar-refractivity contribution in [3.05, 3.63) is 12.7 Å². The number of aliphatic hydroxyl groups excluding tert-OH is 1. The van der Waals surface area contributed by atoms with Gasteiger partial charge in [0.15, 0.2) is 5.79 Å². The van der Waals surface area contributed by atoms with Crippen LogP contribution in [0.4, 0.5) is 0 Å². The van der Waals surface area contributed by atoms with Crippen LogP contribution in [0.2, 0.25) is 0 Å². The van der Waals surface area contributed by atoms with Crippen molar-refractivity contribution in [2.75, 3.05) is 0 Å². The monoisotopic (exact) mass is 316 g/mol. The number of rotatable bonds is 7. The minimum Gasteiger partial charge on any atom is -0.377 e. The summed E-state index contributed by atoms with van der Waals surface area (Å²) >= 11 is 0. The Balaban J connectivity index is 1.77. The third-order valence-electron chi connectivity index (χ3n) is 4.23. The Morgan fingerprint density at radius 2 is 1.87 bits per heavy atom. The summed E-state index contributed by atoms with van der Waals surface area (Å²) in [6.07, 6.45) is 9.02. The Kier molecular flexibility index (Phi) is 6.72. The average molecular weight is 316 g/mol. The zero-order valence-corrected chi connectivity index (χ0v) is 14.3. The van der Waals surface area contributed by atoms with Crippen molar-refractivity contribution < 1.29 is 14.6 Å². The van der Waals surface area contributed by atoms with Crippen molar-refractivity contribution >= 4 is 0 Å². The fraction of sp³-hybridized carbons (Fsp3) is 0.700. The van der Waals surface area contributed by atoms with E-state index in [2.05, 4.69) is 30.3 Å². The molecule has 0 aromatic rings. The molecule has 0 aromatic heterocycles. The normalized spacial score (nSPS) is 26.6. The zero-order chi connectivity index (χ0) is 16.7. The molecule has 23 heavy (non-hydrogen) atoms. The summed E-state index contributed by atoms with van der Waals surface area (Å²) in [5.74, 6) is 11.5. The van der Waals surface area contributed by atoms with Gasteiger partial charge in [-0.25, -0.2) is 0 Å². The van der Waals surface area contributed by atoms with E-state index in [4.69, 9.17) is 9.47 Å². The van der Waals surface area contributed by atoms with Crippen LogP contribution in [0, 0.1) is 29.6 Å². The van der Waals surface area contributed by atoms with Gasteiger partial charge in [0.2, 0.25) is 0 Å². The van der Waals surface area contributed by atoms with Gasteiger partial charge in [-0.15, -0.1) is 0 Å². The molecule has 2 aliphatic rings. The lowest BCUT2D eigenvalue weighted by Gasteiger charge is -2.16. The number of unbranched alkanes of at least 4 members (excludes halogenated alkanes) is 1. The van der Waals surface area contributed by atoms with Gasteiger partial charge in [0.05, 0.1) is 12.2 Å². The molecule has 0 bridgehead atoms. The molecule has 3 unspecified atom stereocenters.